The van der Waals surface area contributed by atoms with E-state index >= 15 is 0 Å². The Labute approximate surface area is 94.7 Å². The van der Waals surface area contributed by atoms with Crippen LogP contribution >= 0.6 is 0 Å². The second-order valence-corrected chi connectivity index (χ2v) is 3.83. The molecule has 0 aromatic carbocycles. The molecule has 0 radical (unpaired) electrons. The zero-order valence-electron chi connectivity index (χ0n) is 9.69. The van der Waals surface area contributed by atoms with Gasteiger partial charge in [-0.25, -0.2) is 9.97 Å². The molecule has 2 rings (SSSR count). The number of hydrogen-bond donors (Lipinski definition) is 1. The summed E-state index contributed by atoms with van der Waals surface area (Å²) in [5, 5.41) is 3.30. The summed E-state index contributed by atoms with van der Waals surface area (Å²) in [6.45, 7) is 6.01. The lowest BCUT2D eigenvalue weighted by Crippen LogP contribution is -2.07. The molecule has 4 nitrogen and oxygen atoms in total. The van der Waals surface area contributed by atoms with Gasteiger partial charge in [-0.15, -0.1) is 0 Å². The second-order valence-electron chi connectivity index (χ2n) is 3.83. The summed E-state index contributed by atoms with van der Waals surface area (Å²) in [6.07, 6.45) is 3.25. The van der Waals surface area contributed by atoms with E-state index in [2.05, 4.69) is 22.2 Å². The maximum Gasteiger partial charge on any atom is 0.129 e. The molecule has 0 aliphatic rings. The highest BCUT2D eigenvalue weighted by atomic mass is 16.3. The predicted molar refractivity (Wildman–Crippen MR) is 62.3 cm³/mol. The topological polar surface area (TPSA) is 51.0 Å². The van der Waals surface area contributed by atoms with Crippen LogP contribution in [0.15, 0.2) is 29.1 Å². The van der Waals surface area contributed by atoms with Gasteiger partial charge in [-0.2, -0.15) is 0 Å². The van der Waals surface area contributed by atoms with Gasteiger partial charge in [0.05, 0.1) is 6.04 Å². The van der Waals surface area contributed by atoms with Crippen LogP contribution in [0.5, 0.6) is 0 Å². The van der Waals surface area contributed by atoms with Crippen molar-refractivity contribution in [2.45, 2.75) is 26.8 Å². The second kappa shape index (κ2) is 4.35. The van der Waals surface area contributed by atoms with Gasteiger partial charge >= 0.3 is 0 Å². The number of rotatable bonds is 3. The van der Waals surface area contributed by atoms with Gasteiger partial charge in [0.25, 0.3) is 0 Å². The predicted octanol–water partition coefficient (Wildman–Crippen LogP) is 2.86. The first-order valence-electron chi connectivity index (χ1n) is 5.26. The third kappa shape index (κ3) is 2.21. The maximum absolute atomic E-state index is 5.50. The fraction of sp³-hybridized carbons (Fsp3) is 0.333. The lowest BCUT2D eigenvalue weighted by Gasteiger charge is -2.13. The molecule has 2 aromatic heterocycles. The summed E-state index contributed by atoms with van der Waals surface area (Å²) in [5.74, 6) is 2.70. The minimum Gasteiger partial charge on any atom is -0.466 e. The molecule has 0 bridgehead atoms. The molecule has 0 amide bonds. The highest BCUT2D eigenvalue weighted by molar-refractivity contribution is 5.37. The number of nitrogens with zero attached hydrogens (tertiary/aromatic N) is 2. The summed E-state index contributed by atoms with van der Waals surface area (Å²) in [4.78, 5) is 8.01. The number of furan rings is 1. The van der Waals surface area contributed by atoms with E-state index < -0.39 is 0 Å². The van der Waals surface area contributed by atoms with Gasteiger partial charge < -0.3 is 9.73 Å². The molecule has 1 unspecified atom stereocenters. The van der Waals surface area contributed by atoms with E-state index in [-0.39, 0.29) is 6.04 Å². The number of aromatic nitrogens is 2. The first-order valence-corrected chi connectivity index (χ1v) is 5.26. The van der Waals surface area contributed by atoms with Crippen LogP contribution in [0.3, 0.4) is 0 Å². The molecule has 4 heteroatoms. The Morgan fingerprint density at radius 3 is 2.75 bits per heavy atom. The molecule has 2 heterocycles. The first-order chi connectivity index (χ1) is 7.66. The standard InChI is InChI=1S/C12H15N3O/c1-8-6-11(10(3)16-8)9(2)15-12-4-5-13-7-14-12/h4-7,9H,1-3H3,(H,13,14,15). The van der Waals surface area contributed by atoms with Crippen molar-refractivity contribution >= 4 is 5.82 Å². The molecule has 1 atom stereocenters. The van der Waals surface area contributed by atoms with Crippen molar-refractivity contribution in [1.82, 2.24) is 9.97 Å². The Morgan fingerprint density at radius 2 is 2.19 bits per heavy atom. The summed E-state index contributed by atoms with van der Waals surface area (Å²) >= 11 is 0. The van der Waals surface area contributed by atoms with Crippen LogP contribution in [0.25, 0.3) is 0 Å². The van der Waals surface area contributed by atoms with Gasteiger partial charge in [0.2, 0.25) is 0 Å². The van der Waals surface area contributed by atoms with Crippen molar-refractivity contribution in [2.75, 3.05) is 5.32 Å². The fourth-order valence-electron chi connectivity index (χ4n) is 1.76. The van der Waals surface area contributed by atoms with Gasteiger partial charge in [-0.1, -0.05) is 0 Å². The Balaban J connectivity index is 2.14. The fourth-order valence-corrected chi connectivity index (χ4v) is 1.76. The Kier molecular flexibility index (Phi) is 2.90. The van der Waals surface area contributed by atoms with E-state index in [4.69, 9.17) is 4.42 Å². The van der Waals surface area contributed by atoms with Gasteiger partial charge in [0.15, 0.2) is 0 Å². The van der Waals surface area contributed by atoms with E-state index in [1.807, 2.05) is 26.0 Å². The summed E-state index contributed by atoms with van der Waals surface area (Å²) in [7, 11) is 0. The third-order valence-electron chi connectivity index (χ3n) is 2.49. The molecular formula is C12H15N3O. The zero-order valence-corrected chi connectivity index (χ0v) is 9.69. The average molecular weight is 217 g/mol. The van der Waals surface area contributed by atoms with Crippen LogP contribution in [0.1, 0.15) is 30.0 Å². The molecule has 0 saturated heterocycles. The van der Waals surface area contributed by atoms with Crippen molar-refractivity contribution in [2.24, 2.45) is 0 Å². The average Bonchev–Trinajstić information content (AvgIpc) is 2.59. The highest BCUT2D eigenvalue weighted by Gasteiger charge is 2.12. The van der Waals surface area contributed by atoms with Crippen LogP contribution in [-0.2, 0) is 0 Å². The van der Waals surface area contributed by atoms with Gasteiger partial charge in [0, 0.05) is 11.8 Å². The summed E-state index contributed by atoms with van der Waals surface area (Å²) in [6, 6.07) is 4.07. The monoisotopic (exact) mass is 217 g/mol. The van der Waals surface area contributed by atoms with E-state index in [0.29, 0.717) is 0 Å². The van der Waals surface area contributed by atoms with Gasteiger partial charge in [-0.3, -0.25) is 0 Å². The minimum atomic E-state index is 0.173. The smallest absolute Gasteiger partial charge is 0.129 e. The van der Waals surface area contributed by atoms with Gasteiger partial charge in [-0.05, 0) is 32.9 Å². The number of aryl methyl sites for hydroxylation is 2. The molecule has 0 spiro atoms. The van der Waals surface area contributed by atoms with Crippen LogP contribution in [0, 0.1) is 13.8 Å². The van der Waals surface area contributed by atoms with Crippen LogP contribution in [0.4, 0.5) is 5.82 Å². The Bertz CT molecular complexity index is 464. The minimum absolute atomic E-state index is 0.173. The molecule has 0 saturated carbocycles. The van der Waals surface area contributed by atoms with E-state index in [1.165, 1.54) is 6.33 Å². The lowest BCUT2D eigenvalue weighted by atomic mass is 10.1. The van der Waals surface area contributed by atoms with E-state index in [1.54, 1.807) is 6.20 Å². The normalized spacial score (nSPS) is 12.4. The number of nitrogens with one attached hydrogen (secondary N) is 1. The van der Waals surface area contributed by atoms with Crippen molar-refractivity contribution in [3.05, 3.63) is 41.7 Å². The molecule has 0 aliphatic carbocycles. The maximum atomic E-state index is 5.50. The molecular weight excluding hydrogens is 202 g/mol. The molecule has 0 fully saturated rings. The van der Waals surface area contributed by atoms with Crippen LogP contribution in [-0.4, -0.2) is 9.97 Å². The quantitative estimate of drug-likeness (QED) is 0.858. The van der Waals surface area contributed by atoms with Crippen molar-refractivity contribution < 1.29 is 4.42 Å². The number of anilines is 1. The summed E-state index contributed by atoms with van der Waals surface area (Å²) in [5.41, 5.74) is 1.16. The van der Waals surface area contributed by atoms with Crippen LogP contribution < -0.4 is 5.32 Å². The van der Waals surface area contributed by atoms with E-state index in [9.17, 15) is 0 Å². The molecule has 2 aromatic rings. The molecule has 0 aliphatic heterocycles. The van der Waals surface area contributed by atoms with Gasteiger partial charge in [0.1, 0.15) is 23.7 Å². The van der Waals surface area contributed by atoms with Crippen molar-refractivity contribution in [3.63, 3.8) is 0 Å². The first kappa shape index (κ1) is 10.7. The summed E-state index contributed by atoms with van der Waals surface area (Å²) < 4.78 is 5.50. The van der Waals surface area contributed by atoms with Crippen LogP contribution in [0.2, 0.25) is 0 Å². The third-order valence-corrected chi connectivity index (χ3v) is 2.49. The zero-order chi connectivity index (χ0) is 11.5. The highest BCUT2D eigenvalue weighted by Crippen LogP contribution is 2.23. The van der Waals surface area contributed by atoms with Crippen molar-refractivity contribution in [1.29, 1.82) is 0 Å². The lowest BCUT2D eigenvalue weighted by molar-refractivity contribution is 0.500. The van der Waals surface area contributed by atoms with Crippen molar-refractivity contribution in [3.8, 4) is 0 Å². The largest absolute Gasteiger partial charge is 0.466 e. The Morgan fingerprint density at radius 1 is 1.38 bits per heavy atom. The number of hydrogen-bond acceptors (Lipinski definition) is 4. The Hall–Kier alpha value is -1.84. The molecule has 1 N–H and O–H groups in total. The molecule has 16 heavy (non-hydrogen) atoms. The SMILES string of the molecule is Cc1cc(C(C)Nc2ccncn2)c(C)o1. The molecule has 84 valence electrons. The van der Waals surface area contributed by atoms with E-state index in [0.717, 1.165) is 22.9 Å².